The van der Waals surface area contributed by atoms with Gasteiger partial charge in [0.15, 0.2) is 5.43 Å². The van der Waals surface area contributed by atoms with Gasteiger partial charge in [0, 0.05) is 12.5 Å². The molecule has 0 aliphatic heterocycles. The van der Waals surface area contributed by atoms with Crippen LogP contribution >= 0.6 is 11.6 Å². The van der Waals surface area contributed by atoms with Crippen LogP contribution in [0.2, 0.25) is 0 Å². The lowest BCUT2D eigenvalue weighted by Gasteiger charge is -2.32. The third-order valence-corrected chi connectivity index (χ3v) is 4.54. The standard InChI is InChI=1S/C17H17ClO5/c18-13-15(21)16(22)14(20)12-11(19)8-10(23-17(12)13)7-6-9-4-2-1-3-5-9/h1-5,8,13-16,20-22H,6-7H2/t13-,14-,15+,16-/m0/s1. The molecule has 0 spiro atoms. The molecular weight excluding hydrogens is 320 g/mol. The second kappa shape index (κ2) is 6.45. The molecule has 122 valence electrons. The number of hydrogen-bond acceptors (Lipinski definition) is 5. The topological polar surface area (TPSA) is 90.9 Å². The van der Waals surface area contributed by atoms with Crippen molar-refractivity contribution < 1.29 is 19.7 Å². The normalized spacial score (nSPS) is 26.8. The van der Waals surface area contributed by atoms with Crippen molar-refractivity contribution in [3.63, 3.8) is 0 Å². The van der Waals surface area contributed by atoms with Crippen LogP contribution in [-0.2, 0) is 12.8 Å². The van der Waals surface area contributed by atoms with Crippen molar-refractivity contribution in [3.8, 4) is 0 Å². The Balaban J connectivity index is 1.91. The van der Waals surface area contributed by atoms with Gasteiger partial charge in [-0.25, -0.2) is 0 Å². The van der Waals surface area contributed by atoms with Gasteiger partial charge in [-0.2, -0.15) is 0 Å². The summed E-state index contributed by atoms with van der Waals surface area (Å²) in [6, 6.07) is 11.0. The van der Waals surface area contributed by atoms with E-state index in [1.165, 1.54) is 6.07 Å². The minimum absolute atomic E-state index is 0.0347. The molecule has 0 bridgehead atoms. The fourth-order valence-corrected chi connectivity index (χ4v) is 3.10. The van der Waals surface area contributed by atoms with Crippen LogP contribution < -0.4 is 5.43 Å². The molecule has 1 aromatic carbocycles. The number of benzene rings is 1. The number of alkyl halides is 1. The van der Waals surface area contributed by atoms with E-state index in [1.54, 1.807) is 0 Å². The Bertz CT molecular complexity index is 742. The number of halogens is 1. The molecule has 0 saturated heterocycles. The average Bonchev–Trinajstić information content (AvgIpc) is 2.56. The lowest BCUT2D eigenvalue weighted by atomic mass is 9.88. The number of aliphatic hydroxyl groups is 3. The molecule has 1 aliphatic rings. The van der Waals surface area contributed by atoms with Crippen molar-refractivity contribution >= 4 is 11.6 Å². The molecule has 1 heterocycles. The van der Waals surface area contributed by atoms with Crippen LogP contribution in [0.4, 0.5) is 0 Å². The quantitative estimate of drug-likeness (QED) is 0.738. The Kier molecular flexibility index (Phi) is 4.55. The number of aliphatic hydroxyl groups excluding tert-OH is 3. The zero-order valence-electron chi connectivity index (χ0n) is 12.2. The first-order valence-corrected chi connectivity index (χ1v) is 7.81. The van der Waals surface area contributed by atoms with Gasteiger partial charge in [-0.05, 0) is 12.0 Å². The predicted octanol–water partition coefficient (Wildman–Crippen LogP) is 1.47. The molecule has 3 rings (SSSR count). The zero-order valence-corrected chi connectivity index (χ0v) is 13.0. The number of hydrogen-bond donors (Lipinski definition) is 3. The molecule has 4 atom stereocenters. The van der Waals surface area contributed by atoms with E-state index in [0.717, 1.165) is 5.56 Å². The Morgan fingerprint density at radius 1 is 1.04 bits per heavy atom. The van der Waals surface area contributed by atoms with E-state index in [-0.39, 0.29) is 11.3 Å². The number of fused-ring (bicyclic) bond motifs is 1. The largest absolute Gasteiger partial charge is 0.464 e. The first-order valence-electron chi connectivity index (χ1n) is 7.38. The molecule has 0 unspecified atom stereocenters. The molecule has 0 radical (unpaired) electrons. The fourth-order valence-electron chi connectivity index (χ4n) is 2.79. The lowest BCUT2D eigenvalue weighted by Crippen LogP contribution is -2.42. The van der Waals surface area contributed by atoms with Gasteiger partial charge < -0.3 is 19.7 Å². The van der Waals surface area contributed by atoms with Gasteiger partial charge in [-0.1, -0.05) is 30.3 Å². The maximum absolute atomic E-state index is 12.2. The molecule has 1 aliphatic carbocycles. The monoisotopic (exact) mass is 336 g/mol. The van der Waals surface area contributed by atoms with E-state index < -0.39 is 29.1 Å². The number of rotatable bonds is 3. The van der Waals surface area contributed by atoms with Crippen molar-refractivity contribution in [1.29, 1.82) is 0 Å². The van der Waals surface area contributed by atoms with Crippen molar-refractivity contribution in [2.24, 2.45) is 0 Å². The summed E-state index contributed by atoms with van der Waals surface area (Å²) in [6.07, 6.45) is -3.24. The van der Waals surface area contributed by atoms with Gasteiger partial charge in [-0.3, -0.25) is 4.79 Å². The van der Waals surface area contributed by atoms with Crippen molar-refractivity contribution in [1.82, 2.24) is 0 Å². The average molecular weight is 337 g/mol. The van der Waals surface area contributed by atoms with Crippen molar-refractivity contribution in [3.05, 3.63) is 69.3 Å². The van der Waals surface area contributed by atoms with Crippen LogP contribution in [-0.4, -0.2) is 27.5 Å². The third-order valence-electron chi connectivity index (χ3n) is 4.09. The van der Waals surface area contributed by atoms with Crippen molar-refractivity contribution in [2.75, 3.05) is 0 Å². The van der Waals surface area contributed by atoms with E-state index in [4.69, 9.17) is 16.0 Å². The summed E-state index contributed by atoms with van der Waals surface area (Å²) < 4.78 is 5.64. The molecule has 2 aromatic rings. The predicted molar refractivity (Wildman–Crippen MR) is 84.4 cm³/mol. The summed E-state index contributed by atoms with van der Waals surface area (Å²) in [5.74, 6) is 0.464. The molecule has 3 N–H and O–H groups in total. The maximum atomic E-state index is 12.2. The van der Waals surface area contributed by atoms with Crippen molar-refractivity contribution in [2.45, 2.75) is 36.5 Å². The van der Waals surface area contributed by atoms with Gasteiger partial charge in [0.05, 0.1) is 5.56 Å². The molecule has 5 nitrogen and oxygen atoms in total. The van der Waals surface area contributed by atoms with E-state index in [0.29, 0.717) is 18.6 Å². The molecular formula is C17H17ClO5. The SMILES string of the molecule is O=c1cc(CCc2ccccc2)oc2c1[C@H](O)[C@H](O)[C@H](O)[C@@H]2Cl. The molecule has 23 heavy (non-hydrogen) atoms. The second-order valence-electron chi connectivity index (χ2n) is 5.67. The highest BCUT2D eigenvalue weighted by molar-refractivity contribution is 6.21. The minimum atomic E-state index is -1.51. The molecule has 0 saturated carbocycles. The minimum Gasteiger partial charge on any atom is -0.464 e. The summed E-state index contributed by atoms with van der Waals surface area (Å²) in [4.78, 5) is 12.2. The van der Waals surface area contributed by atoms with Crippen LogP contribution in [0.15, 0.2) is 45.6 Å². The van der Waals surface area contributed by atoms with Crippen LogP contribution in [0, 0.1) is 0 Å². The smallest absolute Gasteiger partial charge is 0.191 e. The third kappa shape index (κ3) is 3.05. The van der Waals surface area contributed by atoms with E-state index in [2.05, 4.69) is 0 Å². The Hall–Kier alpha value is -1.66. The summed E-state index contributed by atoms with van der Waals surface area (Å²) in [7, 11) is 0. The fraction of sp³-hybridized carbons (Fsp3) is 0.353. The molecule has 1 aromatic heterocycles. The van der Waals surface area contributed by atoms with Gasteiger partial charge in [0.2, 0.25) is 0 Å². The van der Waals surface area contributed by atoms with Crippen LogP contribution in [0.5, 0.6) is 0 Å². The summed E-state index contributed by atoms with van der Waals surface area (Å²) >= 11 is 6.07. The van der Waals surface area contributed by atoms with Gasteiger partial charge in [-0.15, -0.1) is 11.6 Å². The first kappa shape index (κ1) is 16.2. The summed E-state index contributed by atoms with van der Waals surface area (Å²) in [5.41, 5.74) is 0.579. The van der Waals surface area contributed by atoms with Gasteiger partial charge in [0.1, 0.15) is 35.2 Å². The maximum Gasteiger partial charge on any atom is 0.191 e. The van der Waals surface area contributed by atoms with Gasteiger partial charge >= 0.3 is 0 Å². The lowest BCUT2D eigenvalue weighted by molar-refractivity contribution is -0.0756. The van der Waals surface area contributed by atoms with Crippen LogP contribution in [0.1, 0.15) is 34.1 Å². The highest BCUT2D eigenvalue weighted by Gasteiger charge is 2.43. The van der Waals surface area contributed by atoms with E-state index in [1.807, 2.05) is 30.3 Å². The van der Waals surface area contributed by atoms with E-state index in [9.17, 15) is 20.1 Å². The summed E-state index contributed by atoms with van der Waals surface area (Å²) in [5, 5.41) is 28.5. The second-order valence-corrected chi connectivity index (χ2v) is 6.14. The summed E-state index contributed by atoms with van der Waals surface area (Å²) in [6.45, 7) is 0. The van der Waals surface area contributed by atoms with Gasteiger partial charge in [0.25, 0.3) is 0 Å². The van der Waals surface area contributed by atoms with E-state index >= 15 is 0 Å². The molecule has 0 amide bonds. The van der Waals surface area contributed by atoms with Crippen LogP contribution in [0.25, 0.3) is 0 Å². The zero-order chi connectivity index (χ0) is 16.6. The highest BCUT2D eigenvalue weighted by atomic mass is 35.5. The Labute approximate surface area is 137 Å². The molecule has 0 fully saturated rings. The highest BCUT2D eigenvalue weighted by Crippen LogP contribution is 2.39. The molecule has 6 heteroatoms. The Morgan fingerprint density at radius 2 is 1.74 bits per heavy atom. The Morgan fingerprint density at radius 3 is 2.43 bits per heavy atom. The number of aryl methyl sites for hydroxylation is 2. The first-order chi connectivity index (χ1) is 11.0. The van der Waals surface area contributed by atoms with Crippen LogP contribution in [0.3, 0.4) is 0 Å².